The van der Waals surface area contributed by atoms with E-state index in [0.29, 0.717) is 39.6 Å². The van der Waals surface area contributed by atoms with E-state index in [2.05, 4.69) is 15.4 Å². The van der Waals surface area contributed by atoms with Gasteiger partial charge in [-0.05, 0) is 74.1 Å². The van der Waals surface area contributed by atoms with Crippen LogP contribution >= 0.6 is 0 Å². The number of amides is 1. The third-order valence-electron chi connectivity index (χ3n) is 8.59. The van der Waals surface area contributed by atoms with Crippen molar-refractivity contribution >= 4 is 16.8 Å². The number of halogens is 4. The van der Waals surface area contributed by atoms with Gasteiger partial charge in [-0.2, -0.15) is 18.3 Å². The second kappa shape index (κ2) is 9.94. The molecule has 1 amide bonds. The number of carbonyl (C=O) groups excluding carboxylic acids is 1. The average molecular weight is 596 g/mol. The molecular weight excluding hydrogens is 566 g/mol. The van der Waals surface area contributed by atoms with Gasteiger partial charge in [-0.3, -0.25) is 9.48 Å². The van der Waals surface area contributed by atoms with Gasteiger partial charge in [-0.25, -0.2) is 9.37 Å². The molecule has 0 spiro atoms. The van der Waals surface area contributed by atoms with E-state index in [1.54, 1.807) is 6.07 Å². The van der Waals surface area contributed by atoms with Crippen LogP contribution < -0.4 is 20.5 Å². The molecule has 2 atom stereocenters. The van der Waals surface area contributed by atoms with E-state index in [-0.39, 0.29) is 29.5 Å². The van der Waals surface area contributed by atoms with Crippen molar-refractivity contribution in [2.24, 2.45) is 11.7 Å². The number of carbonyl (C=O) groups is 1. The third kappa shape index (κ3) is 4.97. The van der Waals surface area contributed by atoms with Crippen molar-refractivity contribution in [3.8, 4) is 22.8 Å². The van der Waals surface area contributed by atoms with Gasteiger partial charge in [0, 0.05) is 34.8 Å². The van der Waals surface area contributed by atoms with Crippen molar-refractivity contribution in [1.82, 2.24) is 20.1 Å². The second-order valence-electron chi connectivity index (χ2n) is 11.6. The largest absolute Gasteiger partial charge is 0.494 e. The monoisotopic (exact) mass is 595 g/mol. The number of rotatable bonds is 8. The fourth-order valence-electron chi connectivity index (χ4n) is 5.85. The highest BCUT2D eigenvalue weighted by atomic mass is 19.4. The fraction of sp³-hybridized carbons (Fsp3) is 0.387. The first-order valence-electron chi connectivity index (χ1n) is 14.2. The van der Waals surface area contributed by atoms with Gasteiger partial charge in [0.1, 0.15) is 35.3 Å². The molecule has 8 nitrogen and oxygen atoms in total. The Hall–Kier alpha value is -4.19. The van der Waals surface area contributed by atoms with Crippen LogP contribution in [0.15, 0.2) is 48.7 Å². The summed E-state index contributed by atoms with van der Waals surface area (Å²) in [7, 11) is 1.45. The lowest BCUT2D eigenvalue weighted by Gasteiger charge is -2.25. The Kier molecular flexibility index (Phi) is 6.38. The van der Waals surface area contributed by atoms with Gasteiger partial charge in [0.2, 0.25) is 0 Å². The first-order chi connectivity index (χ1) is 20.5. The Balaban J connectivity index is 1.23. The average Bonchev–Trinajstić information content (AvgIpc) is 3.92. The summed E-state index contributed by atoms with van der Waals surface area (Å²) in [5.74, 6) is -2.59. The molecule has 2 aromatic carbocycles. The van der Waals surface area contributed by atoms with Crippen LogP contribution in [0.2, 0.25) is 0 Å². The maximum atomic E-state index is 14.6. The van der Waals surface area contributed by atoms with Gasteiger partial charge < -0.3 is 20.5 Å². The topological polar surface area (TPSA) is 104 Å². The van der Waals surface area contributed by atoms with Crippen molar-refractivity contribution in [3.63, 3.8) is 0 Å². The Labute approximate surface area is 244 Å². The van der Waals surface area contributed by atoms with Gasteiger partial charge >= 0.3 is 6.18 Å². The van der Waals surface area contributed by atoms with E-state index in [4.69, 9.17) is 15.2 Å². The molecule has 2 aliphatic carbocycles. The van der Waals surface area contributed by atoms with Crippen molar-refractivity contribution in [2.45, 2.75) is 49.4 Å². The van der Waals surface area contributed by atoms with E-state index < -0.39 is 35.9 Å². The lowest BCUT2D eigenvalue weighted by atomic mass is 9.86. The van der Waals surface area contributed by atoms with Crippen LogP contribution in [-0.2, 0) is 5.54 Å². The number of hydrogen-bond acceptors (Lipinski definition) is 6. The number of methoxy groups -OCH3 is 1. The maximum absolute atomic E-state index is 14.6. The van der Waals surface area contributed by atoms with Crippen LogP contribution in [0.1, 0.15) is 59.3 Å². The van der Waals surface area contributed by atoms with Crippen LogP contribution in [0.5, 0.6) is 11.5 Å². The standard InChI is InChI=1S/C31H29F4N5O3/c1-42-25-11-17(10-18-14-40(21-8-9-21)39-26(18)25)29(41)37-13-23(31(33,34)35)24-12-22-28(43-15-30(22,36)19-4-5-19)27(38-24)16-2-6-20(32)7-3-16/h2-3,6-7,10-12,14,19,21,23H,4-5,8-9,13,15,36H2,1H3,(H,37,41)/t23-,30-/m1/s1. The molecule has 2 saturated carbocycles. The summed E-state index contributed by atoms with van der Waals surface area (Å²) in [5, 5.41) is 7.67. The van der Waals surface area contributed by atoms with E-state index >= 15 is 0 Å². The van der Waals surface area contributed by atoms with Crippen LogP contribution in [0, 0.1) is 11.7 Å². The van der Waals surface area contributed by atoms with Crippen molar-refractivity contribution in [1.29, 1.82) is 0 Å². The highest BCUT2D eigenvalue weighted by Crippen LogP contribution is 2.53. The van der Waals surface area contributed by atoms with Crippen molar-refractivity contribution < 1.29 is 31.8 Å². The highest BCUT2D eigenvalue weighted by molar-refractivity contribution is 5.99. The number of alkyl halides is 3. The minimum Gasteiger partial charge on any atom is -0.494 e. The predicted molar refractivity (Wildman–Crippen MR) is 149 cm³/mol. The molecule has 0 unspecified atom stereocenters. The molecule has 224 valence electrons. The lowest BCUT2D eigenvalue weighted by Crippen LogP contribution is -2.41. The lowest BCUT2D eigenvalue weighted by molar-refractivity contribution is -0.149. The summed E-state index contributed by atoms with van der Waals surface area (Å²) < 4.78 is 70.8. The molecule has 0 radical (unpaired) electrons. The quantitative estimate of drug-likeness (QED) is 0.257. The number of ether oxygens (including phenoxy) is 2. The molecule has 2 fully saturated rings. The van der Waals surface area contributed by atoms with Crippen molar-refractivity contribution in [3.05, 3.63) is 71.3 Å². The number of hydrogen-bond donors (Lipinski definition) is 2. The normalized spacial score (nSPS) is 20.5. The maximum Gasteiger partial charge on any atom is 0.398 e. The molecule has 0 bridgehead atoms. The summed E-state index contributed by atoms with van der Waals surface area (Å²) in [6.45, 7) is -0.651. The van der Waals surface area contributed by atoms with E-state index in [1.165, 1.54) is 43.5 Å². The highest BCUT2D eigenvalue weighted by Gasteiger charge is 2.51. The number of benzene rings is 2. The van der Waals surface area contributed by atoms with Crippen LogP contribution in [0.4, 0.5) is 17.6 Å². The molecular formula is C31H29F4N5O3. The summed E-state index contributed by atoms with van der Waals surface area (Å²) >= 11 is 0. The number of nitrogens with two attached hydrogens (primary N) is 1. The first-order valence-corrected chi connectivity index (χ1v) is 14.2. The number of pyridine rings is 1. The molecule has 4 aromatic rings. The summed E-state index contributed by atoms with van der Waals surface area (Å²) in [4.78, 5) is 17.6. The molecule has 3 N–H and O–H groups in total. The first kappa shape index (κ1) is 27.6. The molecule has 3 heterocycles. The zero-order valence-corrected chi connectivity index (χ0v) is 23.2. The third-order valence-corrected chi connectivity index (χ3v) is 8.59. The van der Waals surface area contributed by atoms with Gasteiger partial charge in [0.25, 0.3) is 5.91 Å². The van der Waals surface area contributed by atoms with Gasteiger partial charge in [0.05, 0.1) is 24.4 Å². The molecule has 0 saturated heterocycles. The summed E-state index contributed by atoms with van der Waals surface area (Å²) in [6, 6.07) is 10.0. The van der Waals surface area contributed by atoms with Crippen LogP contribution in [-0.4, -0.2) is 47.1 Å². The molecule has 43 heavy (non-hydrogen) atoms. The van der Waals surface area contributed by atoms with Gasteiger partial charge in [-0.1, -0.05) is 0 Å². The zero-order chi connectivity index (χ0) is 30.1. The van der Waals surface area contributed by atoms with E-state index in [9.17, 15) is 22.4 Å². The van der Waals surface area contributed by atoms with Crippen LogP contribution in [0.25, 0.3) is 22.2 Å². The minimum absolute atomic E-state index is 0.0725. The predicted octanol–water partition coefficient (Wildman–Crippen LogP) is 5.61. The summed E-state index contributed by atoms with van der Waals surface area (Å²) in [6.07, 6.45) is 0.777. The minimum atomic E-state index is -4.75. The number of fused-ring (bicyclic) bond motifs is 2. The fourth-order valence-corrected chi connectivity index (χ4v) is 5.85. The molecule has 1 aliphatic heterocycles. The Morgan fingerprint density at radius 1 is 1.19 bits per heavy atom. The van der Waals surface area contributed by atoms with E-state index in [0.717, 1.165) is 25.7 Å². The Bertz CT molecular complexity index is 1730. The SMILES string of the molecule is COc1cc(C(=O)NC[C@H](c2cc3c(c(-c4ccc(F)cc4)n2)OC[C@@]3(N)C2CC2)C(F)(F)F)cc2cn(C3CC3)nc12. The zero-order valence-electron chi connectivity index (χ0n) is 23.2. The number of nitrogens with one attached hydrogen (secondary N) is 1. The van der Waals surface area contributed by atoms with Crippen molar-refractivity contribution in [2.75, 3.05) is 20.3 Å². The Morgan fingerprint density at radius 3 is 2.58 bits per heavy atom. The number of nitrogens with zero attached hydrogens (tertiary/aromatic N) is 3. The number of aromatic nitrogens is 3. The van der Waals surface area contributed by atoms with Gasteiger partial charge in [-0.15, -0.1) is 0 Å². The molecule has 3 aliphatic rings. The second-order valence-corrected chi connectivity index (χ2v) is 11.6. The Morgan fingerprint density at radius 2 is 1.93 bits per heavy atom. The smallest absolute Gasteiger partial charge is 0.398 e. The molecule has 7 rings (SSSR count). The molecule has 12 heteroatoms. The van der Waals surface area contributed by atoms with Gasteiger partial charge in [0.15, 0.2) is 5.75 Å². The summed E-state index contributed by atoms with van der Waals surface area (Å²) in [5.41, 5.74) is 7.21. The van der Waals surface area contributed by atoms with E-state index in [1.807, 2.05) is 10.9 Å². The molecule has 2 aromatic heterocycles. The van der Waals surface area contributed by atoms with Crippen LogP contribution in [0.3, 0.4) is 0 Å².